The van der Waals surface area contributed by atoms with Gasteiger partial charge in [-0.1, -0.05) is 47.0 Å². The number of nitrogens with one attached hydrogen (secondary N) is 1. The van der Waals surface area contributed by atoms with Gasteiger partial charge in [0.1, 0.15) is 5.82 Å². The SMILES string of the molecule is CCCCc1nc2ccc(Br)cc2c(=O)n1N=Cc1cc(OC)c(OCC(=O)Nc2ccc(C)cc2)c(Br)c1Br. The minimum atomic E-state index is -0.311. The van der Waals surface area contributed by atoms with E-state index in [9.17, 15) is 9.59 Å². The third kappa shape index (κ3) is 7.00. The Hall–Kier alpha value is -3.02. The molecule has 4 aromatic rings. The largest absolute Gasteiger partial charge is 0.493 e. The summed E-state index contributed by atoms with van der Waals surface area (Å²) >= 11 is 10.6. The average Bonchev–Trinajstić information content (AvgIpc) is 2.94. The van der Waals surface area contributed by atoms with Gasteiger partial charge in [0, 0.05) is 26.6 Å². The summed E-state index contributed by atoms with van der Waals surface area (Å²) in [7, 11) is 1.51. The Morgan fingerprint density at radius 1 is 1.10 bits per heavy atom. The molecule has 0 aliphatic heterocycles. The number of anilines is 1. The Bertz CT molecular complexity index is 1640. The topological polar surface area (TPSA) is 94.8 Å². The fourth-order valence-electron chi connectivity index (χ4n) is 3.89. The van der Waals surface area contributed by atoms with Gasteiger partial charge in [0.25, 0.3) is 11.5 Å². The van der Waals surface area contributed by atoms with Gasteiger partial charge in [-0.2, -0.15) is 9.78 Å². The second-order valence-corrected chi connectivity index (χ2v) is 11.5. The van der Waals surface area contributed by atoms with Gasteiger partial charge in [-0.05, 0) is 81.6 Å². The first-order valence-electron chi connectivity index (χ1n) is 12.5. The highest BCUT2D eigenvalue weighted by Crippen LogP contribution is 2.42. The third-order valence-electron chi connectivity index (χ3n) is 6.00. The van der Waals surface area contributed by atoms with Crippen LogP contribution in [0.4, 0.5) is 5.69 Å². The Labute approximate surface area is 257 Å². The lowest BCUT2D eigenvalue weighted by molar-refractivity contribution is -0.118. The van der Waals surface area contributed by atoms with Gasteiger partial charge in [0.2, 0.25) is 0 Å². The van der Waals surface area contributed by atoms with Crippen LogP contribution in [0.25, 0.3) is 10.9 Å². The monoisotopic (exact) mass is 732 g/mol. The number of unbranched alkanes of at least 4 members (excludes halogenated alkanes) is 1. The maximum atomic E-state index is 13.4. The number of hydrogen-bond acceptors (Lipinski definition) is 6. The number of benzene rings is 3. The van der Waals surface area contributed by atoms with E-state index in [0.29, 0.717) is 54.8 Å². The van der Waals surface area contributed by atoms with E-state index in [4.69, 9.17) is 14.5 Å². The summed E-state index contributed by atoms with van der Waals surface area (Å²) in [5.74, 6) is 1.01. The molecule has 0 aliphatic carbocycles. The van der Waals surface area contributed by atoms with E-state index in [2.05, 4.69) is 65.1 Å². The molecule has 40 heavy (non-hydrogen) atoms. The molecule has 4 rings (SSSR count). The van der Waals surface area contributed by atoms with Crippen LogP contribution < -0.4 is 20.3 Å². The summed E-state index contributed by atoms with van der Waals surface area (Å²) in [4.78, 5) is 30.6. The summed E-state index contributed by atoms with van der Waals surface area (Å²) in [6, 6.07) is 14.6. The van der Waals surface area contributed by atoms with Crippen LogP contribution >= 0.6 is 47.8 Å². The number of fused-ring (bicyclic) bond motifs is 1. The molecule has 0 bridgehead atoms. The van der Waals surface area contributed by atoms with Crippen molar-refractivity contribution in [3.05, 3.63) is 89.3 Å². The van der Waals surface area contributed by atoms with Crippen molar-refractivity contribution in [2.45, 2.75) is 33.1 Å². The van der Waals surface area contributed by atoms with E-state index >= 15 is 0 Å². The second-order valence-electron chi connectivity index (χ2n) is 8.98. The standard InChI is InChI=1S/C29H27Br3N4O4/c1-4-5-6-24-35-22-12-9-19(30)14-21(22)29(38)36(24)33-15-18-13-23(39-3)28(27(32)26(18)31)40-16-25(37)34-20-10-7-17(2)8-11-20/h7-15H,4-6,16H2,1-3H3,(H,34,37). The van der Waals surface area contributed by atoms with Gasteiger partial charge in [-0.25, -0.2) is 4.98 Å². The highest BCUT2D eigenvalue weighted by atomic mass is 79.9. The van der Waals surface area contributed by atoms with Crippen molar-refractivity contribution in [2.75, 3.05) is 19.0 Å². The van der Waals surface area contributed by atoms with Gasteiger partial charge in [0.15, 0.2) is 18.1 Å². The number of amides is 1. The van der Waals surface area contributed by atoms with Gasteiger partial charge >= 0.3 is 0 Å². The molecule has 0 radical (unpaired) electrons. The maximum absolute atomic E-state index is 13.4. The first-order valence-corrected chi connectivity index (χ1v) is 14.9. The predicted molar refractivity (Wildman–Crippen MR) is 169 cm³/mol. The van der Waals surface area contributed by atoms with Crippen molar-refractivity contribution in [3.63, 3.8) is 0 Å². The van der Waals surface area contributed by atoms with Crippen molar-refractivity contribution >= 4 is 76.5 Å². The normalized spacial score (nSPS) is 11.2. The Balaban J connectivity index is 1.62. The smallest absolute Gasteiger partial charge is 0.282 e. The maximum Gasteiger partial charge on any atom is 0.282 e. The zero-order valence-electron chi connectivity index (χ0n) is 22.1. The molecule has 0 saturated heterocycles. The quantitative estimate of drug-likeness (QED) is 0.174. The average molecular weight is 735 g/mol. The van der Waals surface area contributed by atoms with Gasteiger partial charge in [-0.15, -0.1) is 0 Å². The highest BCUT2D eigenvalue weighted by molar-refractivity contribution is 9.13. The molecule has 3 aromatic carbocycles. The lowest BCUT2D eigenvalue weighted by Crippen LogP contribution is -2.22. The molecule has 1 N–H and O–H groups in total. The van der Waals surface area contributed by atoms with E-state index < -0.39 is 0 Å². The van der Waals surface area contributed by atoms with Crippen LogP contribution in [0.3, 0.4) is 0 Å². The Morgan fingerprint density at radius 2 is 1.85 bits per heavy atom. The number of carbonyl (C=O) groups excluding carboxylic acids is 1. The summed E-state index contributed by atoms with van der Waals surface area (Å²) in [5, 5.41) is 7.81. The predicted octanol–water partition coefficient (Wildman–Crippen LogP) is 7.24. The minimum absolute atomic E-state index is 0.225. The van der Waals surface area contributed by atoms with Crippen molar-refractivity contribution in [1.29, 1.82) is 0 Å². The lowest BCUT2D eigenvalue weighted by atomic mass is 10.2. The fraction of sp³-hybridized carbons (Fsp3) is 0.241. The second kappa shape index (κ2) is 13.6. The van der Waals surface area contributed by atoms with Crippen LogP contribution in [0, 0.1) is 6.92 Å². The first kappa shape index (κ1) is 30.0. The molecule has 11 heteroatoms. The molecule has 0 saturated carbocycles. The third-order valence-corrected chi connectivity index (χ3v) is 8.64. The number of nitrogens with zero attached hydrogens (tertiary/aromatic N) is 3. The molecule has 0 atom stereocenters. The van der Waals surface area contributed by atoms with E-state index in [1.54, 1.807) is 18.3 Å². The van der Waals surface area contributed by atoms with E-state index in [-0.39, 0.29) is 18.1 Å². The zero-order valence-corrected chi connectivity index (χ0v) is 26.9. The number of aryl methyl sites for hydroxylation is 2. The van der Waals surface area contributed by atoms with E-state index in [0.717, 1.165) is 22.9 Å². The molecule has 0 unspecified atom stereocenters. The summed E-state index contributed by atoms with van der Waals surface area (Å²) in [5.41, 5.74) is 2.79. The summed E-state index contributed by atoms with van der Waals surface area (Å²) < 4.78 is 14.7. The van der Waals surface area contributed by atoms with Crippen LogP contribution in [0.5, 0.6) is 11.5 Å². The molecular weight excluding hydrogens is 708 g/mol. The first-order chi connectivity index (χ1) is 19.2. The fourth-order valence-corrected chi connectivity index (χ4v) is 5.18. The number of hydrogen-bond donors (Lipinski definition) is 1. The number of ether oxygens (including phenoxy) is 2. The van der Waals surface area contributed by atoms with Crippen LogP contribution in [-0.4, -0.2) is 35.5 Å². The number of halogens is 3. The van der Waals surface area contributed by atoms with E-state index in [1.165, 1.54) is 11.8 Å². The van der Waals surface area contributed by atoms with Gasteiger partial charge in [0.05, 0.1) is 28.7 Å². The molecular formula is C29H27Br3N4O4. The lowest BCUT2D eigenvalue weighted by Gasteiger charge is -2.15. The molecule has 1 amide bonds. The van der Waals surface area contributed by atoms with E-state index in [1.807, 2.05) is 43.3 Å². The molecule has 0 fully saturated rings. The number of aromatic nitrogens is 2. The van der Waals surface area contributed by atoms with Gasteiger partial charge in [-0.3, -0.25) is 9.59 Å². The van der Waals surface area contributed by atoms with Crippen molar-refractivity contribution in [3.8, 4) is 11.5 Å². The molecule has 208 valence electrons. The zero-order chi connectivity index (χ0) is 28.8. The van der Waals surface area contributed by atoms with Crippen LogP contribution in [0.15, 0.2) is 71.8 Å². The van der Waals surface area contributed by atoms with Crippen LogP contribution in [0.1, 0.15) is 36.7 Å². The summed E-state index contributed by atoms with van der Waals surface area (Å²) in [6.07, 6.45) is 4.00. The van der Waals surface area contributed by atoms with Gasteiger partial charge < -0.3 is 14.8 Å². The van der Waals surface area contributed by atoms with Crippen LogP contribution in [-0.2, 0) is 11.2 Å². The molecule has 1 aromatic heterocycles. The number of methoxy groups -OCH3 is 1. The van der Waals surface area contributed by atoms with Crippen molar-refractivity contribution < 1.29 is 14.3 Å². The highest BCUT2D eigenvalue weighted by Gasteiger charge is 2.18. The minimum Gasteiger partial charge on any atom is -0.493 e. The Morgan fingerprint density at radius 3 is 2.55 bits per heavy atom. The molecule has 0 spiro atoms. The number of carbonyl (C=O) groups is 1. The summed E-state index contributed by atoms with van der Waals surface area (Å²) in [6.45, 7) is 3.84. The Kier molecular flexibility index (Phi) is 10.2. The van der Waals surface area contributed by atoms with Crippen molar-refractivity contribution in [1.82, 2.24) is 9.66 Å². The molecule has 0 aliphatic rings. The molecule has 1 heterocycles. The van der Waals surface area contributed by atoms with Crippen molar-refractivity contribution in [2.24, 2.45) is 5.10 Å². The van der Waals surface area contributed by atoms with Crippen LogP contribution in [0.2, 0.25) is 0 Å². The molecule has 8 nitrogen and oxygen atoms in total. The number of rotatable bonds is 10.